The number of hydrogen-bond donors (Lipinski definition) is 3. The normalized spacial score (nSPS) is 16.2. The first-order valence-electron chi connectivity index (χ1n) is 6.48. The van der Waals surface area contributed by atoms with Gasteiger partial charge in [0.15, 0.2) is 0 Å². The van der Waals surface area contributed by atoms with Crippen LogP contribution in [-0.2, 0) is 4.79 Å². The molecule has 5 nitrogen and oxygen atoms in total. The molecule has 0 radical (unpaired) electrons. The highest BCUT2D eigenvalue weighted by molar-refractivity contribution is 5.93. The Hall–Kier alpha value is -1.78. The van der Waals surface area contributed by atoms with Gasteiger partial charge in [0.1, 0.15) is 5.69 Å². The van der Waals surface area contributed by atoms with Gasteiger partial charge in [0, 0.05) is 12.6 Å². The highest BCUT2D eigenvalue weighted by Crippen LogP contribution is 2.25. The number of carbonyl (C=O) groups is 2. The lowest BCUT2D eigenvalue weighted by atomic mass is 9.87. The molecule has 1 aromatic rings. The first-order valence-corrected chi connectivity index (χ1v) is 6.48. The minimum atomic E-state index is -0.322. The maximum Gasteiger partial charge on any atom is 0.286 e. The van der Waals surface area contributed by atoms with Gasteiger partial charge in [-0.05, 0) is 30.9 Å². The third kappa shape index (κ3) is 3.61. The van der Waals surface area contributed by atoms with Crippen LogP contribution in [0.2, 0.25) is 0 Å². The molecule has 1 aliphatic rings. The van der Waals surface area contributed by atoms with Gasteiger partial charge in [-0.15, -0.1) is 0 Å². The van der Waals surface area contributed by atoms with Crippen LogP contribution in [0.1, 0.15) is 49.0 Å². The van der Waals surface area contributed by atoms with Crippen molar-refractivity contribution in [2.24, 2.45) is 5.92 Å². The number of aromatic nitrogens is 1. The van der Waals surface area contributed by atoms with Crippen molar-refractivity contribution < 1.29 is 9.59 Å². The summed E-state index contributed by atoms with van der Waals surface area (Å²) in [6.45, 7) is 0. The van der Waals surface area contributed by atoms with E-state index in [0.29, 0.717) is 18.0 Å². The summed E-state index contributed by atoms with van der Waals surface area (Å²) in [5.74, 6) is 0.0416. The fraction of sp³-hybridized carbons (Fsp3) is 0.538. The lowest BCUT2D eigenvalue weighted by Gasteiger charge is -2.20. The Morgan fingerprint density at radius 2 is 2.00 bits per heavy atom. The van der Waals surface area contributed by atoms with Crippen LogP contribution in [0.3, 0.4) is 0 Å². The Balaban J connectivity index is 1.69. The van der Waals surface area contributed by atoms with Gasteiger partial charge in [0.05, 0.1) is 0 Å². The first kappa shape index (κ1) is 12.7. The third-order valence-electron chi connectivity index (χ3n) is 3.36. The predicted octanol–water partition coefficient (Wildman–Crippen LogP) is 1.75. The molecule has 0 spiro atoms. The molecule has 1 aromatic heterocycles. The van der Waals surface area contributed by atoms with E-state index in [1.54, 1.807) is 18.3 Å². The zero-order valence-corrected chi connectivity index (χ0v) is 10.4. The fourth-order valence-electron chi connectivity index (χ4n) is 2.37. The summed E-state index contributed by atoms with van der Waals surface area (Å²) < 4.78 is 0. The third-order valence-corrected chi connectivity index (χ3v) is 3.36. The molecular formula is C13H19N3O2. The molecule has 0 saturated heterocycles. The van der Waals surface area contributed by atoms with Crippen LogP contribution in [0.5, 0.6) is 0 Å². The SMILES string of the molecule is O=C(CC1CCCCC1)NNC(=O)c1ccc[nH]1. The number of hydrazine groups is 1. The van der Waals surface area contributed by atoms with E-state index in [-0.39, 0.29) is 11.8 Å². The zero-order valence-electron chi connectivity index (χ0n) is 10.4. The van der Waals surface area contributed by atoms with Gasteiger partial charge in [-0.2, -0.15) is 0 Å². The Morgan fingerprint density at radius 3 is 2.67 bits per heavy atom. The molecule has 98 valence electrons. The van der Waals surface area contributed by atoms with Gasteiger partial charge in [0.2, 0.25) is 5.91 Å². The highest BCUT2D eigenvalue weighted by atomic mass is 16.2. The quantitative estimate of drug-likeness (QED) is 0.714. The lowest BCUT2D eigenvalue weighted by molar-refractivity contribution is -0.123. The second kappa shape index (κ2) is 6.23. The number of H-pyrrole nitrogens is 1. The molecule has 0 aromatic carbocycles. The number of rotatable bonds is 3. The van der Waals surface area contributed by atoms with Gasteiger partial charge in [-0.1, -0.05) is 19.3 Å². The molecule has 0 aliphatic heterocycles. The Bertz CT molecular complexity index is 394. The van der Waals surface area contributed by atoms with E-state index in [1.165, 1.54) is 19.3 Å². The van der Waals surface area contributed by atoms with Crippen molar-refractivity contribution in [2.45, 2.75) is 38.5 Å². The summed E-state index contributed by atoms with van der Waals surface area (Å²) >= 11 is 0. The van der Waals surface area contributed by atoms with E-state index in [9.17, 15) is 9.59 Å². The van der Waals surface area contributed by atoms with Crippen LogP contribution in [0, 0.1) is 5.92 Å². The summed E-state index contributed by atoms with van der Waals surface area (Å²) in [6, 6.07) is 3.39. The van der Waals surface area contributed by atoms with Crippen LogP contribution in [0.25, 0.3) is 0 Å². The lowest BCUT2D eigenvalue weighted by Crippen LogP contribution is -2.42. The summed E-state index contributed by atoms with van der Waals surface area (Å²) in [4.78, 5) is 26.0. The van der Waals surface area contributed by atoms with E-state index < -0.39 is 0 Å². The second-order valence-electron chi connectivity index (χ2n) is 4.79. The first-order chi connectivity index (χ1) is 8.75. The van der Waals surface area contributed by atoms with Crippen LogP contribution in [0.15, 0.2) is 18.3 Å². The van der Waals surface area contributed by atoms with E-state index in [2.05, 4.69) is 15.8 Å². The van der Waals surface area contributed by atoms with Crippen molar-refractivity contribution in [3.05, 3.63) is 24.0 Å². The molecule has 0 atom stereocenters. The second-order valence-corrected chi connectivity index (χ2v) is 4.79. The average Bonchev–Trinajstić information content (AvgIpc) is 2.91. The molecule has 0 unspecified atom stereocenters. The molecule has 0 bridgehead atoms. The Morgan fingerprint density at radius 1 is 1.22 bits per heavy atom. The summed E-state index contributed by atoms with van der Waals surface area (Å²) in [7, 11) is 0. The topological polar surface area (TPSA) is 74.0 Å². The van der Waals surface area contributed by atoms with Crippen molar-refractivity contribution >= 4 is 11.8 Å². The standard InChI is InChI=1S/C13H19N3O2/c17-12(9-10-5-2-1-3-6-10)15-16-13(18)11-7-4-8-14-11/h4,7-8,10,14H,1-3,5-6,9H2,(H,15,17)(H,16,18). The van der Waals surface area contributed by atoms with Gasteiger partial charge in [0.25, 0.3) is 5.91 Å². The maximum absolute atomic E-state index is 11.6. The van der Waals surface area contributed by atoms with Crippen molar-refractivity contribution in [3.8, 4) is 0 Å². The largest absolute Gasteiger partial charge is 0.357 e. The molecular weight excluding hydrogens is 230 g/mol. The number of aromatic amines is 1. The van der Waals surface area contributed by atoms with Crippen LogP contribution in [0.4, 0.5) is 0 Å². The van der Waals surface area contributed by atoms with Crippen LogP contribution in [-0.4, -0.2) is 16.8 Å². The molecule has 2 rings (SSSR count). The smallest absolute Gasteiger partial charge is 0.286 e. The van der Waals surface area contributed by atoms with E-state index in [4.69, 9.17) is 0 Å². The minimum Gasteiger partial charge on any atom is -0.357 e. The molecule has 1 heterocycles. The molecule has 1 saturated carbocycles. The van der Waals surface area contributed by atoms with Gasteiger partial charge >= 0.3 is 0 Å². The summed E-state index contributed by atoms with van der Waals surface area (Å²) in [5.41, 5.74) is 5.30. The van der Waals surface area contributed by atoms with Crippen molar-refractivity contribution in [2.75, 3.05) is 0 Å². The Kier molecular flexibility index (Phi) is 4.39. The predicted molar refractivity (Wildman–Crippen MR) is 67.6 cm³/mol. The fourth-order valence-corrected chi connectivity index (χ4v) is 2.37. The van der Waals surface area contributed by atoms with E-state index >= 15 is 0 Å². The van der Waals surface area contributed by atoms with Crippen LogP contribution < -0.4 is 10.9 Å². The van der Waals surface area contributed by atoms with Gasteiger partial charge in [-0.3, -0.25) is 20.4 Å². The maximum atomic E-state index is 11.6. The van der Waals surface area contributed by atoms with Crippen molar-refractivity contribution in [3.63, 3.8) is 0 Å². The Labute approximate surface area is 106 Å². The molecule has 1 aliphatic carbocycles. The number of nitrogens with one attached hydrogen (secondary N) is 3. The average molecular weight is 249 g/mol. The molecule has 18 heavy (non-hydrogen) atoms. The zero-order chi connectivity index (χ0) is 12.8. The molecule has 1 fully saturated rings. The summed E-state index contributed by atoms with van der Waals surface area (Å²) in [5, 5.41) is 0. The highest BCUT2D eigenvalue weighted by Gasteiger charge is 2.17. The minimum absolute atomic E-state index is 0.109. The number of hydrogen-bond acceptors (Lipinski definition) is 2. The molecule has 3 N–H and O–H groups in total. The summed E-state index contributed by atoms with van der Waals surface area (Å²) in [6.07, 6.45) is 8.13. The van der Waals surface area contributed by atoms with Crippen LogP contribution >= 0.6 is 0 Å². The molecule has 2 amide bonds. The monoisotopic (exact) mass is 249 g/mol. The van der Waals surface area contributed by atoms with E-state index in [1.807, 2.05) is 0 Å². The van der Waals surface area contributed by atoms with Gasteiger partial charge < -0.3 is 4.98 Å². The van der Waals surface area contributed by atoms with E-state index in [0.717, 1.165) is 12.8 Å². The number of amides is 2. The van der Waals surface area contributed by atoms with Crippen molar-refractivity contribution in [1.29, 1.82) is 0 Å². The molecule has 5 heteroatoms. The van der Waals surface area contributed by atoms with Crippen molar-refractivity contribution in [1.82, 2.24) is 15.8 Å². The number of carbonyl (C=O) groups excluding carboxylic acids is 2. The van der Waals surface area contributed by atoms with Gasteiger partial charge in [-0.25, -0.2) is 0 Å².